The van der Waals surface area contributed by atoms with Crippen molar-refractivity contribution in [2.75, 3.05) is 38.3 Å². The van der Waals surface area contributed by atoms with Crippen LogP contribution in [0.5, 0.6) is 5.75 Å². The molecule has 3 heterocycles. The fraction of sp³-hybridized carbons (Fsp3) is 0.538. The van der Waals surface area contributed by atoms with Crippen molar-refractivity contribution in [1.29, 1.82) is 0 Å². The van der Waals surface area contributed by atoms with Gasteiger partial charge >= 0.3 is 5.97 Å². The van der Waals surface area contributed by atoms with Gasteiger partial charge in [0.1, 0.15) is 11.3 Å². The van der Waals surface area contributed by atoms with E-state index in [1.54, 1.807) is 12.0 Å². The molecule has 1 aromatic heterocycles. The number of methoxy groups -OCH3 is 1. The molecule has 35 heavy (non-hydrogen) atoms. The molecule has 2 aromatic rings. The topological polar surface area (TPSA) is 81.0 Å². The molecule has 0 saturated carbocycles. The number of carbonyl (C=O) groups is 1. The Balaban J connectivity index is 1.87. The SMILES string of the molecule is COCCCOc1cc2c(cc1N1CCC(F)(F)C1)-c1cc(=O)c(C(=O)O)cn1C(C(C)(C)C)C2. The molecule has 0 aliphatic carbocycles. The van der Waals surface area contributed by atoms with Crippen molar-refractivity contribution in [1.82, 2.24) is 4.57 Å². The third-order valence-electron chi connectivity index (χ3n) is 6.78. The molecule has 7 nitrogen and oxygen atoms in total. The van der Waals surface area contributed by atoms with Gasteiger partial charge in [-0.1, -0.05) is 20.8 Å². The van der Waals surface area contributed by atoms with Gasteiger partial charge in [0.15, 0.2) is 5.43 Å². The Morgan fingerprint density at radius 2 is 1.97 bits per heavy atom. The lowest BCUT2D eigenvalue weighted by atomic mass is 9.78. The van der Waals surface area contributed by atoms with Gasteiger partial charge in [0.25, 0.3) is 5.92 Å². The van der Waals surface area contributed by atoms with Crippen LogP contribution in [0.25, 0.3) is 11.3 Å². The van der Waals surface area contributed by atoms with Crippen molar-refractivity contribution in [3.63, 3.8) is 0 Å². The second-order valence-electron chi connectivity index (χ2n) is 10.4. The molecular formula is C26H32F2N2O5. The maximum Gasteiger partial charge on any atom is 0.341 e. The molecule has 0 radical (unpaired) electrons. The molecule has 4 rings (SSSR count). The van der Waals surface area contributed by atoms with Crippen molar-refractivity contribution < 1.29 is 28.2 Å². The lowest BCUT2D eigenvalue weighted by molar-refractivity contribution is 0.0257. The predicted octanol–water partition coefficient (Wildman–Crippen LogP) is 4.62. The molecule has 0 amide bonds. The van der Waals surface area contributed by atoms with Gasteiger partial charge in [-0.3, -0.25) is 4.79 Å². The minimum atomic E-state index is -2.79. The van der Waals surface area contributed by atoms with Gasteiger partial charge in [-0.2, -0.15) is 0 Å². The Bertz CT molecular complexity index is 1190. The van der Waals surface area contributed by atoms with Crippen LogP contribution >= 0.6 is 0 Å². The van der Waals surface area contributed by atoms with Crippen molar-refractivity contribution in [3.8, 4) is 17.0 Å². The number of carboxylic acids is 1. The van der Waals surface area contributed by atoms with Gasteiger partial charge in [-0.25, -0.2) is 13.6 Å². The van der Waals surface area contributed by atoms with Crippen LogP contribution in [0.3, 0.4) is 0 Å². The number of nitrogens with zero attached hydrogens (tertiary/aromatic N) is 2. The van der Waals surface area contributed by atoms with E-state index < -0.39 is 23.9 Å². The van der Waals surface area contributed by atoms with Crippen LogP contribution in [0, 0.1) is 5.41 Å². The Kier molecular flexibility index (Phi) is 6.66. The number of pyridine rings is 1. The maximum atomic E-state index is 14.1. The number of fused-ring (bicyclic) bond motifs is 3. The molecule has 1 N–H and O–H groups in total. The number of aromatic carboxylic acids is 1. The number of hydrogen-bond donors (Lipinski definition) is 1. The van der Waals surface area contributed by atoms with E-state index in [9.17, 15) is 23.5 Å². The fourth-order valence-electron chi connectivity index (χ4n) is 4.92. The maximum absolute atomic E-state index is 14.1. The largest absolute Gasteiger partial charge is 0.491 e. The monoisotopic (exact) mass is 490 g/mol. The third-order valence-corrected chi connectivity index (χ3v) is 6.78. The first-order chi connectivity index (χ1) is 16.4. The van der Waals surface area contributed by atoms with Gasteiger partial charge in [0, 0.05) is 57.0 Å². The second-order valence-corrected chi connectivity index (χ2v) is 10.4. The van der Waals surface area contributed by atoms with E-state index in [4.69, 9.17) is 9.47 Å². The zero-order chi connectivity index (χ0) is 25.5. The van der Waals surface area contributed by atoms with Gasteiger partial charge in [0.05, 0.1) is 24.5 Å². The summed E-state index contributed by atoms with van der Waals surface area (Å²) in [7, 11) is 1.61. The van der Waals surface area contributed by atoms with E-state index in [0.29, 0.717) is 43.2 Å². The Morgan fingerprint density at radius 1 is 1.23 bits per heavy atom. The summed E-state index contributed by atoms with van der Waals surface area (Å²) in [5.41, 5.74) is 1.68. The molecular weight excluding hydrogens is 458 g/mol. The molecule has 1 unspecified atom stereocenters. The van der Waals surface area contributed by atoms with Crippen LogP contribution in [0.15, 0.2) is 29.2 Å². The number of aromatic nitrogens is 1. The number of benzene rings is 1. The first kappa shape index (κ1) is 25.2. The van der Waals surface area contributed by atoms with Crippen molar-refractivity contribution in [3.05, 3.63) is 45.7 Å². The molecule has 190 valence electrons. The molecule has 1 saturated heterocycles. The van der Waals surface area contributed by atoms with Crippen LogP contribution in [-0.4, -0.2) is 55.0 Å². The van der Waals surface area contributed by atoms with E-state index in [1.807, 2.05) is 16.7 Å². The standard InChI is InChI=1S/C26H32F2N2O5/c1-25(2,3)23-11-16-10-22(35-9-5-8-34-4)20(29-7-6-26(27,28)15-29)12-17(16)19-13-21(31)18(24(32)33)14-30(19)23/h10,12-14,23H,5-9,11,15H2,1-4H3,(H,32,33). The van der Waals surface area contributed by atoms with Crippen LogP contribution in [0.1, 0.15) is 55.6 Å². The molecule has 1 atom stereocenters. The van der Waals surface area contributed by atoms with E-state index in [-0.39, 0.29) is 30.0 Å². The van der Waals surface area contributed by atoms with E-state index in [1.165, 1.54) is 12.3 Å². The highest BCUT2D eigenvalue weighted by molar-refractivity contribution is 5.88. The van der Waals surface area contributed by atoms with Crippen molar-refractivity contribution in [2.45, 2.75) is 52.0 Å². The molecule has 0 spiro atoms. The lowest BCUT2D eigenvalue weighted by Gasteiger charge is -2.39. The molecule has 1 fully saturated rings. The molecule has 1 aromatic carbocycles. The molecule has 9 heteroatoms. The summed E-state index contributed by atoms with van der Waals surface area (Å²) >= 11 is 0. The van der Waals surface area contributed by atoms with Crippen molar-refractivity contribution in [2.24, 2.45) is 5.41 Å². The summed E-state index contributed by atoms with van der Waals surface area (Å²) in [5, 5.41) is 9.53. The summed E-state index contributed by atoms with van der Waals surface area (Å²) in [5.74, 6) is -3.53. The number of rotatable bonds is 7. The molecule has 2 aliphatic heterocycles. The average molecular weight is 491 g/mol. The zero-order valence-corrected chi connectivity index (χ0v) is 20.6. The highest BCUT2D eigenvalue weighted by Crippen LogP contribution is 2.47. The lowest BCUT2D eigenvalue weighted by Crippen LogP contribution is -2.33. The summed E-state index contributed by atoms with van der Waals surface area (Å²) in [6.07, 6.45) is 2.41. The number of hydrogen-bond acceptors (Lipinski definition) is 5. The smallest absolute Gasteiger partial charge is 0.341 e. The normalized spacial score (nSPS) is 18.8. The Morgan fingerprint density at radius 3 is 2.57 bits per heavy atom. The number of alkyl halides is 2. The quantitative estimate of drug-likeness (QED) is 0.571. The zero-order valence-electron chi connectivity index (χ0n) is 20.6. The highest BCUT2D eigenvalue weighted by Gasteiger charge is 2.40. The summed E-state index contributed by atoms with van der Waals surface area (Å²) in [6.45, 7) is 6.88. The average Bonchev–Trinajstić information content (AvgIpc) is 3.13. The predicted molar refractivity (Wildman–Crippen MR) is 129 cm³/mol. The first-order valence-electron chi connectivity index (χ1n) is 11.8. The summed E-state index contributed by atoms with van der Waals surface area (Å²) < 4.78 is 41.2. The summed E-state index contributed by atoms with van der Waals surface area (Å²) in [6, 6.07) is 4.94. The van der Waals surface area contributed by atoms with Crippen LogP contribution < -0.4 is 15.1 Å². The van der Waals surface area contributed by atoms with Crippen LogP contribution in [0.2, 0.25) is 0 Å². The summed E-state index contributed by atoms with van der Waals surface area (Å²) in [4.78, 5) is 25.9. The fourth-order valence-corrected chi connectivity index (χ4v) is 4.92. The van der Waals surface area contributed by atoms with Gasteiger partial charge < -0.3 is 24.0 Å². The van der Waals surface area contributed by atoms with Gasteiger partial charge in [-0.05, 0) is 29.5 Å². The number of carboxylic acid groups (broad SMARTS) is 1. The van der Waals surface area contributed by atoms with Crippen LogP contribution in [0.4, 0.5) is 14.5 Å². The third kappa shape index (κ3) is 5.05. The van der Waals surface area contributed by atoms with Gasteiger partial charge in [-0.15, -0.1) is 0 Å². The Labute approximate surface area is 203 Å². The van der Waals surface area contributed by atoms with Crippen LogP contribution in [-0.2, 0) is 11.2 Å². The first-order valence-corrected chi connectivity index (χ1v) is 11.8. The van der Waals surface area contributed by atoms with E-state index in [2.05, 4.69) is 20.8 Å². The second kappa shape index (κ2) is 9.26. The number of ether oxygens (including phenoxy) is 2. The number of halogens is 2. The minimum absolute atomic E-state index is 0.119. The van der Waals surface area contributed by atoms with E-state index in [0.717, 1.165) is 11.1 Å². The Hall–Kier alpha value is -2.94. The highest BCUT2D eigenvalue weighted by atomic mass is 19.3. The van der Waals surface area contributed by atoms with Crippen molar-refractivity contribution >= 4 is 11.7 Å². The minimum Gasteiger partial charge on any atom is -0.491 e. The molecule has 2 aliphatic rings. The number of anilines is 1. The van der Waals surface area contributed by atoms with Gasteiger partial charge in [0.2, 0.25) is 0 Å². The van der Waals surface area contributed by atoms with E-state index >= 15 is 0 Å². The molecule has 0 bridgehead atoms.